The maximum Gasteiger partial charge on any atom is 0.379 e. The Labute approximate surface area is 190 Å². The van der Waals surface area contributed by atoms with E-state index >= 15 is 0 Å². The molecule has 0 aliphatic carbocycles. The highest BCUT2D eigenvalue weighted by Gasteiger charge is 2.28. The lowest BCUT2D eigenvalue weighted by Gasteiger charge is -2.04. The molecule has 5 nitrogen and oxygen atoms in total. The number of benzene rings is 3. The van der Waals surface area contributed by atoms with Gasteiger partial charge in [0.25, 0.3) is 0 Å². The molecule has 0 fully saturated rings. The lowest BCUT2D eigenvalue weighted by Crippen LogP contribution is -2.07. The van der Waals surface area contributed by atoms with Crippen LogP contribution in [0.15, 0.2) is 81.4 Å². The lowest BCUT2D eigenvalue weighted by atomic mass is 10.1. The highest BCUT2D eigenvalue weighted by Crippen LogP contribution is 2.35. The molecule has 0 unspecified atom stereocenters. The fraction of sp³-hybridized carbons (Fsp3) is 0. The standard InChI is InChI=1S/C24H12BrClO5/c25-15-3-1-2-13(8-15)9-21-23(27)18-6-5-17(12-20(18)31-21)29-24(28)22-11-14-10-16(26)4-7-19(14)30-22/h1-12H/b21-9-. The van der Waals surface area contributed by atoms with Crippen molar-refractivity contribution < 1.29 is 23.5 Å². The number of halogens is 2. The molecule has 3 aromatic carbocycles. The third kappa shape index (κ3) is 3.87. The summed E-state index contributed by atoms with van der Waals surface area (Å²) in [5.74, 6) is -0.0917. The van der Waals surface area contributed by atoms with Crippen LogP contribution in [0.5, 0.6) is 11.5 Å². The van der Waals surface area contributed by atoms with Crippen LogP contribution >= 0.6 is 27.5 Å². The summed E-state index contributed by atoms with van der Waals surface area (Å²) >= 11 is 9.37. The van der Waals surface area contributed by atoms with Gasteiger partial charge in [0.2, 0.25) is 11.5 Å². The van der Waals surface area contributed by atoms with Crippen molar-refractivity contribution in [1.29, 1.82) is 0 Å². The average molecular weight is 496 g/mol. The van der Waals surface area contributed by atoms with Crippen LogP contribution in [0, 0.1) is 0 Å². The molecule has 152 valence electrons. The van der Waals surface area contributed by atoms with E-state index in [0.29, 0.717) is 27.3 Å². The molecule has 4 aromatic rings. The van der Waals surface area contributed by atoms with Crippen molar-refractivity contribution >= 4 is 56.3 Å². The summed E-state index contributed by atoms with van der Waals surface area (Å²) in [6.07, 6.45) is 1.66. The second-order valence-electron chi connectivity index (χ2n) is 6.84. The summed E-state index contributed by atoms with van der Waals surface area (Å²) in [5, 5.41) is 1.24. The summed E-state index contributed by atoms with van der Waals surface area (Å²) in [5.41, 5.74) is 1.75. The van der Waals surface area contributed by atoms with E-state index in [1.54, 1.807) is 42.5 Å². The van der Waals surface area contributed by atoms with Crippen LogP contribution < -0.4 is 9.47 Å². The van der Waals surface area contributed by atoms with Crippen LogP contribution in [0.3, 0.4) is 0 Å². The second-order valence-corrected chi connectivity index (χ2v) is 8.19. The van der Waals surface area contributed by atoms with Crippen molar-refractivity contribution in [2.24, 2.45) is 0 Å². The van der Waals surface area contributed by atoms with Gasteiger partial charge in [-0.1, -0.05) is 39.7 Å². The molecule has 0 saturated heterocycles. The maximum atomic E-state index is 12.6. The number of carbonyl (C=O) groups excluding carboxylic acids is 2. The Morgan fingerprint density at radius 2 is 1.90 bits per heavy atom. The van der Waals surface area contributed by atoms with Crippen molar-refractivity contribution in [3.63, 3.8) is 0 Å². The number of hydrogen-bond acceptors (Lipinski definition) is 5. The van der Waals surface area contributed by atoms with Crippen molar-refractivity contribution in [2.75, 3.05) is 0 Å². The molecule has 0 amide bonds. The maximum absolute atomic E-state index is 12.6. The van der Waals surface area contributed by atoms with Crippen LogP contribution in [0.4, 0.5) is 0 Å². The van der Waals surface area contributed by atoms with Crippen LogP contribution in [-0.2, 0) is 0 Å². The predicted molar refractivity (Wildman–Crippen MR) is 120 cm³/mol. The largest absolute Gasteiger partial charge is 0.452 e. The summed E-state index contributed by atoms with van der Waals surface area (Å²) in [4.78, 5) is 25.1. The number of furan rings is 1. The molecule has 0 spiro atoms. The number of Topliss-reactive ketones (excluding diaryl/α,β-unsaturated/α-hetero) is 1. The first-order valence-corrected chi connectivity index (χ1v) is 10.4. The smallest absolute Gasteiger partial charge is 0.379 e. The predicted octanol–water partition coefficient (Wildman–Crippen LogP) is 6.68. The number of allylic oxidation sites excluding steroid dienone is 1. The van der Waals surface area contributed by atoms with E-state index in [0.717, 1.165) is 10.0 Å². The molecule has 0 bridgehead atoms. The van der Waals surface area contributed by atoms with Crippen LogP contribution in [0.25, 0.3) is 17.0 Å². The van der Waals surface area contributed by atoms with Crippen molar-refractivity contribution in [3.8, 4) is 11.5 Å². The van der Waals surface area contributed by atoms with Gasteiger partial charge in [-0.2, -0.15) is 0 Å². The highest BCUT2D eigenvalue weighted by atomic mass is 79.9. The van der Waals surface area contributed by atoms with Crippen molar-refractivity contribution in [2.45, 2.75) is 0 Å². The molecular formula is C24H12BrClO5. The Hall–Kier alpha value is -3.35. The minimum absolute atomic E-state index is 0.0463. The molecule has 1 aliphatic heterocycles. The SMILES string of the molecule is O=C(Oc1ccc2c(c1)O/C(=C\c1cccc(Br)c1)C2=O)c1cc2cc(Cl)ccc2o1. The molecule has 31 heavy (non-hydrogen) atoms. The number of ether oxygens (including phenoxy) is 2. The van der Waals surface area contributed by atoms with Crippen molar-refractivity contribution in [1.82, 2.24) is 0 Å². The lowest BCUT2D eigenvalue weighted by molar-refractivity contribution is 0.0703. The quantitative estimate of drug-likeness (QED) is 0.180. The van der Waals surface area contributed by atoms with Crippen LogP contribution in [0.2, 0.25) is 5.02 Å². The number of esters is 1. The van der Waals surface area contributed by atoms with E-state index < -0.39 is 5.97 Å². The number of rotatable bonds is 3. The number of carbonyl (C=O) groups is 2. The Balaban J connectivity index is 1.37. The first kappa shape index (κ1) is 19.6. The first-order chi connectivity index (χ1) is 15.0. The van der Waals surface area contributed by atoms with Gasteiger partial charge in [0.05, 0.1) is 5.56 Å². The molecule has 0 N–H and O–H groups in total. The molecule has 7 heteroatoms. The van der Waals surface area contributed by atoms with Gasteiger partial charge < -0.3 is 13.9 Å². The third-order valence-electron chi connectivity index (χ3n) is 4.68. The zero-order valence-electron chi connectivity index (χ0n) is 15.7. The Bertz CT molecular complexity index is 1400. The van der Waals surface area contributed by atoms with Gasteiger partial charge >= 0.3 is 5.97 Å². The number of ketones is 1. The van der Waals surface area contributed by atoms with E-state index in [1.165, 1.54) is 6.07 Å². The van der Waals surface area contributed by atoms with Gasteiger partial charge in [0.1, 0.15) is 17.1 Å². The molecular weight excluding hydrogens is 484 g/mol. The zero-order chi connectivity index (χ0) is 21.5. The van der Waals surface area contributed by atoms with E-state index in [9.17, 15) is 9.59 Å². The summed E-state index contributed by atoms with van der Waals surface area (Å²) in [6, 6.07) is 18.7. The van der Waals surface area contributed by atoms with Crippen LogP contribution in [-0.4, -0.2) is 11.8 Å². The Morgan fingerprint density at radius 1 is 1.03 bits per heavy atom. The van der Waals surface area contributed by atoms with E-state index in [2.05, 4.69) is 15.9 Å². The molecule has 2 heterocycles. The summed E-state index contributed by atoms with van der Waals surface area (Å²) < 4.78 is 17.5. The zero-order valence-corrected chi connectivity index (χ0v) is 18.1. The Kier molecular flexibility index (Phi) is 4.88. The molecule has 1 aliphatic rings. The van der Waals surface area contributed by atoms with Crippen molar-refractivity contribution in [3.05, 3.63) is 98.9 Å². The fourth-order valence-electron chi connectivity index (χ4n) is 3.25. The first-order valence-electron chi connectivity index (χ1n) is 9.21. The minimum Gasteiger partial charge on any atom is -0.452 e. The second kappa shape index (κ2) is 7.72. The van der Waals surface area contributed by atoms with Gasteiger partial charge in [-0.05, 0) is 60.2 Å². The normalized spacial score (nSPS) is 14.0. The molecule has 1 aromatic heterocycles. The third-order valence-corrected chi connectivity index (χ3v) is 5.41. The monoisotopic (exact) mass is 494 g/mol. The summed E-state index contributed by atoms with van der Waals surface area (Å²) in [7, 11) is 0. The molecule has 0 radical (unpaired) electrons. The van der Waals surface area contributed by atoms with E-state index in [1.807, 2.05) is 24.3 Å². The summed E-state index contributed by atoms with van der Waals surface area (Å²) in [6.45, 7) is 0. The van der Waals surface area contributed by atoms with E-state index in [-0.39, 0.29) is 23.1 Å². The minimum atomic E-state index is -0.665. The van der Waals surface area contributed by atoms with Gasteiger partial charge in [-0.3, -0.25) is 4.79 Å². The highest BCUT2D eigenvalue weighted by molar-refractivity contribution is 9.10. The fourth-order valence-corrected chi connectivity index (χ4v) is 3.85. The number of fused-ring (bicyclic) bond motifs is 2. The molecule has 0 atom stereocenters. The topological polar surface area (TPSA) is 65.7 Å². The molecule has 5 rings (SSSR count). The van der Waals surface area contributed by atoms with Gasteiger partial charge in [0.15, 0.2) is 5.76 Å². The van der Waals surface area contributed by atoms with Crippen LogP contribution in [0.1, 0.15) is 26.5 Å². The van der Waals surface area contributed by atoms with E-state index in [4.69, 9.17) is 25.5 Å². The van der Waals surface area contributed by atoms with Gasteiger partial charge in [-0.15, -0.1) is 0 Å². The van der Waals surface area contributed by atoms with Gasteiger partial charge in [-0.25, -0.2) is 4.79 Å². The van der Waals surface area contributed by atoms with Gasteiger partial charge in [0, 0.05) is 20.9 Å². The number of hydrogen-bond donors (Lipinski definition) is 0. The Morgan fingerprint density at radius 3 is 2.74 bits per heavy atom. The average Bonchev–Trinajstić information content (AvgIpc) is 3.29. The molecule has 0 saturated carbocycles.